The van der Waals surface area contributed by atoms with Gasteiger partial charge in [-0.05, 0) is 50.6 Å². The van der Waals surface area contributed by atoms with Gasteiger partial charge in [0.2, 0.25) is 5.91 Å². The Kier molecular flexibility index (Phi) is 6.88. The highest BCUT2D eigenvalue weighted by Crippen LogP contribution is 2.13. The Labute approximate surface area is 126 Å². The van der Waals surface area contributed by atoms with Crippen molar-refractivity contribution in [1.29, 1.82) is 0 Å². The summed E-state index contributed by atoms with van der Waals surface area (Å²) in [6.45, 7) is 7.70. The van der Waals surface area contributed by atoms with E-state index in [2.05, 4.69) is 5.32 Å². The maximum absolute atomic E-state index is 12.1. The summed E-state index contributed by atoms with van der Waals surface area (Å²) in [7, 11) is 0. The normalized spacial score (nSPS) is 11.8. The molecule has 0 saturated carbocycles. The minimum absolute atomic E-state index is 0.00892. The van der Waals surface area contributed by atoms with Crippen molar-refractivity contribution >= 4 is 17.5 Å². The molecule has 0 aliphatic rings. The van der Waals surface area contributed by atoms with Gasteiger partial charge in [-0.1, -0.05) is 6.92 Å². The number of benzene rings is 1. The third kappa shape index (κ3) is 5.19. The highest BCUT2D eigenvalue weighted by Gasteiger charge is 2.12. The molecular weight excluding hydrogens is 266 g/mol. The number of anilines is 1. The van der Waals surface area contributed by atoms with Crippen LogP contribution in [0.4, 0.5) is 5.69 Å². The van der Waals surface area contributed by atoms with Crippen LogP contribution >= 0.6 is 0 Å². The van der Waals surface area contributed by atoms with Crippen molar-refractivity contribution < 1.29 is 9.59 Å². The molecule has 0 aliphatic carbocycles. The lowest BCUT2D eigenvalue weighted by molar-refractivity contribution is -0.116. The number of hydrogen-bond donors (Lipinski definition) is 2. The maximum atomic E-state index is 12.1. The van der Waals surface area contributed by atoms with Crippen LogP contribution in [-0.4, -0.2) is 36.3 Å². The summed E-state index contributed by atoms with van der Waals surface area (Å²) in [6, 6.07) is 6.98. The fraction of sp³-hybridized carbons (Fsp3) is 0.500. The molecule has 2 amide bonds. The summed E-state index contributed by atoms with van der Waals surface area (Å²) in [5, 5.41) is 2.81. The number of rotatable bonds is 7. The van der Waals surface area contributed by atoms with Gasteiger partial charge in [-0.15, -0.1) is 0 Å². The quantitative estimate of drug-likeness (QED) is 0.807. The monoisotopic (exact) mass is 291 g/mol. The Balaban J connectivity index is 2.66. The van der Waals surface area contributed by atoms with Crippen LogP contribution in [0, 0.1) is 5.92 Å². The molecule has 0 heterocycles. The van der Waals surface area contributed by atoms with Crippen LogP contribution in [0.15, 0.2) is 24.3 Å². The second-order valence-electron chi connectivity index (χ2n) is 5.15. The molecule has 1 rings (SSSR count). The summed E-state index contributed by atoms with van der Waals surface area (Å²) >= 11 is 0. The molecule has 0 fully saturated rings. The zero-order valence-electron chi connectivity index (χ0n) is 13.1. The van der Waals surface area contributed by atoms with Gasteiger partial charge in [0.05, 0.1) is 0 Å². The van der Waals surface area contributed by atoms with E-state index in [-0.39, 0.29) is 17.7 Å². The molecule has 21 heavy (non-hydrogen) atoms. The number of hydrogen-bond acceptors (Lipinski definition) is 3. The molecule has 0 aromatic heterocycles. The van der Waals surface area contributed by atoms with Crippen LogP contribution in [0.5, 0.6) is 0 Å². The van der Waals surface area contributed by atoms with Crippen molar-refractivity contribution in [1.82, 2.24) is 4.90 Å². The van der Waals surface area contributed by atoms with E-state index in [4.69, 9.17) is 5.73 Å². The predicted octanol–water partition coefficient (Wildman–Crippen LogP) is 2.09. The van der Waals surface area contributed by atoms with Crippen molar-refractivity contribution in [3.63, 3.8) is 0 Å². The van der Waals surface area contributed by atoms with Crippen LogP contribution in [0.25, 0.3) is 0 Å². The number of nitrogens with zero attached hydrogens (tertiary/aromatic N) is 1. The summed E-state index contributed by atoms with van der Waals surface area (Å²) in [4.78, 5) is 25.7. The minimum Gasteiger partial charge on any atom is -0.339 e. The molecule has 3 N–H and O–H groups in total. The van der Waals surface area contributed by atoms with Gasteiger partial charge in [0.25, 0.3) is 5.91 Å². The fourth-order valence-corrected chi connectivity index (χ4v) is 2.00. The lowest BCUT2D eigenvalue weighted by Gasteiger charge is -2.18. The Bertz CT molecular complexity index is 467. The highest BCUT2D eigenvalue weighted by molar-refractivity contribution is 5.95. The summed E-state index contributed by atoms with van der Waals surface area (Å²) in [5.74, 6) is 0.110. The van der Waals surface area contributed by atoms with Gasteiger partial charge in [0.15, 0.2) is 0 Å². The molecular formula is C16H25N3O2. The van der Waals surface area contributed by atoms with Gasteiger partial charge in [0, 0.05) is 30.8 Å². The first-order chi connectivity index (χ1) is 10.0. The zero-order chi connectivity index (χ0) is 15.8. The second kappa shape index (κ2) is 8.42. The molecule has 0 aliphatic heterocycles. The zero-order valence-corrected chi connectivity index (χ0v) is 13.1. The smallest absolute Gasteiger partial charge is 0.253 e. The third-order valence-corrected chi connectivity index (χ3v) is 3.40. The van der Waals surface area contributed by atoms with Crippen LogP contribution in [0.3, 0.4) is 0 Å². The van der Waals surface area contributed by atoms with Gasteiger partial charge < -0.3 is 16.0 Å². The summed E-state index contributed by atoms with van der Waals surface area (Å²) in [5.41, 5.74) is 6.83. The van der Waals surface area contributed by atoms with E-state index < -0.39 is 0 Å². The van der Waals surface area contributed by atoms with Crippen LogP contribution in [-0.2, 0) is 4.79 Å². The molecule has 0 saturated heterocycles. The van der Waals surface area contributed by atoms with Crippen molar-refractivity contribution in [2.75, 3.05) is 25.0 Å². The molecule has 5 nitrogen and oxygen atoms in total. The van der Waals surface area contributed by atoms with Gasteiger partial charge in [-0.3, -0.25) is 9.59 Å². The van der Waals surface area contributed by atoms with E-state index >= 15 is 0 Å². The molecule has 1 unspecified atom stereocenters. The third-order valence-electron chi connectivity index (χ3n) is 3.40. The first-order valence-corrected chi connectivity index (χ1v) is 7.41. The second-order valence-corrected chi connectivity index (χ2v) is 5.15. The van der Waals surface area contributed by atoms with Crippen LogP contribution in [0.2, 0.25) is 0 Å². The number of carbonyl (C=O) groups excluding carboxylic acids is 2. The van der Waals surface area contributed by atoms with E-state index in [1.165, 1.54) is 0 Å². The van der Waals surface area contributed by atoms with E-state index in [9.17, 15) is 9.59 Å². The van der Waals surface area contributed by atoms with E-state index in [0.29, 0.717) is 37.3 Å². The molecule has 1 aromatic carbocycles. The number of nitrogens with one attached hydrogen (secondary N) is 1. The average molecular weight is 291 g/mol. The summed E-state index contributed by atoms with van der Waals surface area (Å²) < 4.78 is 0. The predicted molar refractivity (Wildman–Crippen MR) is 85.2 cm³/mol. The fourth-order valence-electron chi connectivity index (χ4n) is 2.00. The molecule has 0 spiro atoms. The lowest BCUT2D eigenvalue weighted by atomic mass is 10.1. The molecule has 116 valence electrons. The van der Waals surface area contributed by atoms with Crippen LogP contribution < -0.4 is 11.1 Å². The van der Waals surface area contributed by atoms with E-state index in [1.54, 1.807) is 29.2 Å². The molecule has 1 atom stereocenters. The van der Waals surface area contributed by atoms with E-state index in [1.807, 2.05) is 20.8 Å². The molecule has 5 heteroatoms. The largest absolute Gasteiger partial charge is 0.339 e. The van der Waals surface area contributed by atoms with Crippen molar-refractivity contribution in [2.45, 2.75) is 27.2 Å². The number of nitrogens with two attached hydrogens (primary N) is 1. The average Bonchev–Trinajstić information content (AvgIpc) is 2.48. The standard InChI is InChI=1S/C16H25N3O2/c1-4-19(5-2)16(21)13-6-8-14(9-7-13)18-15(20)10-12(3)11-17/h6-9,12H,4-5,10-11,17H2,1-3H3,(H,18,20). The maximum Gasteiger partial charge on any atom is 0.253 e. The van der Waals surface area contributed by atoms with Gasteiger partial charge in [-0.2, -0.15) is 0 Å². The lowest BCUT2D eigenvalue weighted by Crippen LogP contribution is -2.30. The number of carbonyl (C=O) groups is 2. The van der Waals surface area contributed by atoms with Crippen LogP contribution in [0.1, 0.15) is 37.6 Å². The van der Waals surface area contributed by atoms with Crippen molar-refractivity contribution in [3.05, 3.63) is 29.8 Å². The SMILES string of the molecule is CCN(CC)C(=O)c1ccc(NC(=O)CC(C)CN)cc1. The molecule has 0 bridgehead atoms. The van der Waals surface area contributed by atoms with Gasteiger partial charge in [-0.25, -0.2) is 0 Å². The van der Waals surface area contributed by atoms with E-state index in [0.717, 1.165) is 0 Å². The van der Waals surface area contributed by atoms with Crippen molar-refractivity contribution in [3.8, 4) is 0 Å². The van der Waals surface area contributed by atoms with Crippen molar-refractivity contribution in [2.24, 2.45) is 11.7 Å². The first-order valence-electron chi connectivity index (χ1n) is 7.41. The number of amides is 2. The minimum atomic E-state index is -0.0595. The highest BCUT2D eigenvalue weighted by atomic mass is 16.2. The topological polar surface area (TPSA) is 75.4 Å². The Morgan fingerprint density at radius 3 is 2.24 bits per heavy atom. The molecule has 0 radical (unpaired) electrons. The molecule has 1 aromatic rings. The van der Waals surface area contributed by atoms with Gasteiger partial charge >= 0.3 is 0 Å². The Morgan fingerprint density at radius 2 is 1.76 bits per heavy atom. The van der Waals surface area contributed by atoms with Gasteiger partial charge in [0.1, 0.15) is 0 Å². The Hall–Kier alpha value is -1.88. The first kappa shape index (κ1) is 17.2. The Morgan fingerprint density at radius 1 is 1.19 bits per heavy atom. The summed E-state index contributed by atoms with van der Waals surface area (Å²) in [6.07, 6.45) is 0.399.